The Morgan fingerprint density at radius 3 is 2.67 bits per heavy atom. The first-order chi connectivity index (χ1) is 7.18. The van der Waals surface area contributed by atoms with Crippen molar-refractivity contribution in [3.05, 3.63) is 29.3 Å². The summed E-state index contributed by atoms with van der Waals surface area (Å²) in [5, 5.41) is 9.79. The van der Waals surface area contributed by atoms with Crippen LogP contribution in [0.4, 0.5) is 0 Å². The van der Waals surface area contributed by atoms with Crippen LogP contribution in [0.5, 0.6) is 0 Å². The van der Waals surface area contributed by atoms with E-state index in [0.717, 1.165) is 17.7 Å². The number of thioether (sulfide) groups is 1. The minimum atomic E-state index is -0.689. The summed E-state index contributed by atoms with van der Waals surface area (Å²) < 4.78 is 0. The van der Waals surface area contributed by atoms with E-state index in [2.05, 4.69) is 0 Å². The molecular formula is C11H11ClO2S. The summed E-state index contributed by atoms with van der Waals surface area (Å²) in [7, 11) is 0. The maximum absolute atomic E-state index is 10.8. The van der Waals surface area contributed by atoms with E-state index in [9.17, 15) is 4.79 Å². The fraction of sp³-hybridized carbons (Fsp3) is 0.364. The molecule has 0 amide bonds. The number of halogens is 1. The molecule has 1 aliphatic carbocycles. The molecule has 15 heavy (non-hydrogen) atoms. The van der Waals surface area contributed by atoms with Gasteiger partial charge in [0.05, 0.1) is 10.9 Å². The molecule has 0 radical (unpaired) electrons. The van der Waals surface area contributed by atoms with Crippen LogP contribution >= 0.6 is 23.4 Å². The van der Waals surface area contributed by atoms with Gasteiger partial charge >= 0.3 is 5.97 Å². The van der Waals surface area contributed by atoms with E-state index in [-0.39, 0.29) is 11.2 Å². The number of carbonyl (C=O) groups is 1. The van der Waals surface area contributed by atoms with Crippen LogP contribution < -0.4 is 0 Å². The third-order valence-corrected chi connectivity index (χ3v) is 4.56. The van der Waals surface area contributed by atoms with Crippen molar-refractivity contribution < 1.29 is 9.90 Å². The van der Waals surface area contributed by atoms with Gasteiger partial charge in [0.1, 0.15) is 0 Å². The van der Waals surface area contributed by atoms with E-state index < -0.39 is 5.97 Å². The Hall–Kier alpha value is -0.670. The Balaban J connectivity index is 2.04. The van der Waals surface area contributed by atoms with E-state index in [1.165, 1.54) is 0 Å². The lowest BCUT2D eigenvalue weighted by atomic mass is 9.85. The molecule has 0 saturated heterocycles. The predicted molar refractivity (Wildman–Crippen MR) is 61.5 cm³/mol. The van der Waals surface area contributed by atoms with E-state index in [1.807, 2.05) is 24.3 Å². The van der Waals surface area contributed by atoms with Gasteiger partial charge in [-0.15, -0.1) is 11.8 Å². The molecule has 2 unspecified atom stereocenters. The summed E-state index contributed by atoms with van der Waals surface area (Å²) >= 11 is 7.59. The third kappa shape index (κ3) is 2.29. The van der Waals surface area contributed by atoms with Crippen molar-refractivity contribution in [1.82, 2.24) is 0 Å². The van der Waals surface area contributed by atoms with E-state index in [1.54, 1.807) is 11.8 Å². The number of benzene rings is 1. The molecule has 2 nitrogen and oxygen atoms in total. The van der Waals surface area contributed by atoms with Crippen LogP contribution in [0.25, 0.3) is 0 Å². The van der Waals surface area contributed by atoms with Gasteiger partial charge in [0, 0.05) is 10.1 Å². The number of hydrogen-bond donors (Lipinski definition) is 1. The Morgan fingerprint density at radius 1 is 1.40 bits per heavy atom. The number of aliphatic carboxylic acids is 1. The van der Waals surface area contributed by atoms with Gasteiger partial charge in [-0.25, -0.2) is 0 Å². The summed E-state index contributed by atoms with van der Waals surface area (Å²) in [6, 6.07) is 7.56. The molecule has 2 rings (SSSR count). The molecule has 0 aromatic heterocycles. The minimum Gasteiger partial charge on any atom is -0.481 e. The minimum absolute atomic E-state index is 0.183. The molecule has 1 saturated carbocycles. The first-order valence-corrected chi connectivity index (χ1v) is 6.08. The Labute approximate surface area is 97.6 Å². The van der Waals surface area contributed by atoms with Crippen LogP contribution in [0.1, 0.15) is 12.8 Å². The largest absolute Gasteiger partial charge is 0.481 e. The highest BCUT2D eigenvalue weighted by atomic mass is 35.5. The summed E-state index contributed by atoms with van der Waals surface area (Å²) in [6.07, 6.45) is 1.75. The zero-order chi connectivity index (χ0) is 10.8. The van der Waals surface area contributed by atoms with Crippen molar-refractivity contribution >= 4 is 29.3 Å². The predicted octanol–water partition coefficient (Wildman–Crippen LogP) is 3.30. The molecule has 1 aromatic rings. The van der Waals surface area contributed by atoms with Crippen LogP contribution in [-0.2, 0) is 4.79 Å². The second-order valence-corrected chi connectivity index (χ2v) is 5.30. The van der Waals surface area contributed by atoms with Crippen LogP contribution in [0.2, 0.25) is 5.02 Å². The van der Waals surface area contributed by atoms with Gasteiger partial charge < -0.3 is 5.11 Å². The zero-order valence-corrected chi connectivity index (χ0v) is 9.59. The van der Waals surface area contributed by atoms with Crippen molar-refractivity contribution in [3.63, 3.8) is 0 Å². The molecule has 1 aromatic carbocycles. The second kappa shape index (κ2) is 4.45. The molecule has 1 N–H and O–H groups in total. The van der Waals surface area contributed by atoms with Crippen molar-refractivity contribution in [3.8, 4) is 0 Å². The molecule has 0 heterocycles. The Morgan fingerprint density at radius 2 is 2.13 bits per heavy atom. The monoisotopic (exact) mass is 242 g/mol. The number of rotatable bonds is 3. The molecule has 0 bridgehead atoms. The number of carboxylic acids is 1. The van der Waals surface area contributed by atoms with Gasteiger partial charge in [0.2, 0.25) is 0 Å². The van der Waals surface area contributed by atoms with Gasteiger partial charge in [-0.1, -0.05) is 23.7 Å². The third-order valence-electron chi connectivity index (χ3n) is 2.64. The van der Waals surface area contributed by atoms with Crippen LogP contribution in [-0.4, -0.2) is 16.3 Å². The first kappa shape index (κ1) is 10.8. The fourth-order valence-electron chi connectivity index (χ4n) is 1.60. The number of carboxylic acid groups (broad SMARTS) is 1. The average molecular weight is 243 g/mol. The highest BCUT2D eigenvalue weighted by Crippen LogP contribution is 2.43. The Bertz CT molecular complexity index is 381. The molecule has 80 valence electrons. The summed E-state index contributed by atoms with van der Waals surface area (Å²) in [5.41, 5.74) is 0. The van der Waals surface area contributed by atoms with Crippen LogP contribution in [0, 0.1) is 5.92 Å². The quantitative estimate of drug-likeness (QED) is 0.884. The highest BCUT2D eigenvalue weighted by molar-refractivity contribution is 8.00. The van der Waals surface area contributed by atoms with Crippen molar-refractivity contribution in [2.75, 3.05) is 0 Å². The lowest BCUT2D eigenvalue weighted by molar-refractivity contribution is -0.144. The topological polar surface area (TPSA) is 37.3 Å². The molecule has 4 heteroatoms. The summed E-state index contributed by atoms with van der Waals surface area (Å²) in [6.45, 7) is 0. The van der Waals surface area contributed by atoms with Gasteiger partial charge in [0.25, 0.3) is 0 Å². The zero-order valence-electron chi connectivity index (χ0n) is 8.02. The van der Waals surface area contributed by atoms with Gasteiger partial charge in [0.15, 0.2) is 0 Å². The van der Waals surface area contributed by atoms with E-state index in [4.69, 9.17) is 16.7 Å². The summed E-state index contributed by atoms with van der Waals surface area (Å²) in [4.78, 5) is 11.8. The maximum Gasteiger partial charge on any atom is 0.307 e. The van der Waals surface area contributed by atoms with Gasteiger partial charge in [-0.05, 0) is 25.0 Å². The smallest absolute Gasteiger partial charge is 0.307 e. The standard InChI is InChI=1S/C11H11ClO2S/c12-8-3-1-2-4-10(8)15-9-6-5-7(9)11(13)14/h1-4,7,9H,5-6H2,(H,13,14). The van der Waals surface area contributed by atoms with Crippen LogP contribution in [0.3, 0.4) is 0 Å². The average Bonchev–Trinajstić information content (AvgIpc) is 2.13. The Kier molecular flexibility index (Phi) is 3.22. The molecule has 2 atom stereocenters. The van der Waals surface area contributed by atoms with Crippen molar-refractivity contribution in [2.45, 2.75) is 23.0 Å². The second-order valence-electron chi connectivity index (χ2n) is 3.61. The molecule has 0 aliphatic heterocycles. The van der Waals surface area contributed by atoms with Crippen molar-refractivity contribution in [2.24, 2.45) is 5.92 Å². The molecule has 1 fully saturated rings. The van der Waals surface area contributed by atoms with Gasteiger partial charge in [-0.3, -0.25) is 4.79 Å². The van der Waals surface area contributed by atoms with Crippen LogP contribution in [0.15, 0.2) is 29.2 Å². The van der Waals surface area contributed by atoms with Gasteiger partial charge in [-0.2, -0.15) is 0 Å². The summed E-state index contributed by atoms with van der Waals surface area (Å²) in [5.74, 6) is -0.892. The normalized spacial score (nSPS) is 24.6. The maximum atomic E-state index is 10.8. The molecular weight excluding hydrogens is 232 g/mol. The lowest BCUT2D eigenvalue weighted by Gasteiger charge is -2.32. The number of hydrogen-bond acceptors (Lipinski definition) is 2. The highest BCUT2D eigenvalue weighted by Gasteiger charge is 2.37. The molecule has 1 aliphatic rings. The lowest BCUT2D eigenvalue weighted by Crippen LogP contribution is -2.35. The first-order valence-electron chi connectivity index (χ1n) is 4.82. The SMILES string of the molecule is O=C(O)C1CCC1Sc1ccccc1Cl. The van der Waals surface area contributed by atoms with Crippen molar-refractivity contribution in [1.29, 1.82) is 0 Å². The fourth-order valence-corrected chi connectivity index (χ4v) is 3.20. The molecule has 0 spiro atoms. The van der Waals surface area contributed by atoms with E-state index in [0.29, 0.717) is 5.02 Å². The van der Waals surface area contributed by atoms with E-state index >= 15 is 0 Å².